The Kier molecular flexibility index (Phi) is 4.57. The van der Waals surface area contributed by atoms with Gasteiger partial charge in [-0.05, 0) is 24.5 Å². The standard InChI is InChI=1S/C18H18N2O4/c21-17(19-15-7-4-8-16(13-15)20(22)23)18(9-11-24-12-10-18)14-5-2-1-3-6-14/h1-8,13H,9-12H2,(H,19,21). The first-order valence-corrected chi connectivity index (χ1v) is 7.81. The number of ether oxygens (including phenoxy) is 1. The lowest BCUT2D eigenvalue weighted by atomic mass is 9.73. The fourth-order valence-electron chi connectivity index (χ4n) is 3.07. The van der Waals surface area contributed by atoms with Crippen LogP contribution in [0.4, 0.5) is 11.4 Å². The minimum Gasteiger partial charge on any atom is -0.381 e. The molecule has 2 aromatic carbocycles. The second kappa shape index (κ2) is 6.80. The predicted molar refractivity (Wildman–Crippen MR) is 89.9 cm³/mol. The molecular formula is C18H18N2O4. The van der Waals surface area contributed by atoms with Gasteiger partial charge >= 0.3 is 0 Å². The molecule has 6 heteroatoms. The average molecular weight is 326 g/mol. The number of carbonyl (C=O) groups is 1. The number of nitro groups is 1. The molecule has 0 saturated carbocycles. The number of hydrogen-bond donors (Lipinski definition) is 1. The minimum atomic E-state index is -0.676. The summed E-state index contributed by atoms with van der Waals surface area (Å²) in [6.45, 7) is 1.02. The van der Waals surface area contributed by atoms with E-state index in [1.54, 1.807) is 12.1 Å². The molecule has 1 saturated heterocycles. The van der Waals surface area contributed by atoms with Crippen LogP contribution in [0.3, 0.4) is 0 Å². The van der Waals surface area contributed by atoms with Crippen molar-refractivity contribution >= 4 is 17.3 Å². The van der Waals surface area contributed by atoms with Crippen molar-refractivity contribution < 1.29 is 14.5 Å². The van der Waals surface area contributed by atoms with Crippen molar-refractivity contribution in [3.63, 3.8) is 0 Å². The predicted octanol–water partition coefficient (Wildman–Crippen LogP) is 3.28. The first-order chi connectivity index (χ1) is 11.6. The van der Waals surface area contributed by atoms with Crippen molar-refractivity contribution in [3.8, 4) is 0 Å². The van der Waals surface area contributed by atoms with Gasteiger partial charge in [0.2, 0.25) is 5.91 Å². The molecule has 1 fully saturated rings. The molecule has 1 heterocycles. The number of nitrogens with zero attached hydrogens (tertiary/aromatic N) is 1. The van der Waals surface area contributed by atoms with Crippen LogP contribution in [0.25, 0.3) is 0 Å². The van der Waals surface area contributed by atoms with Crippen LogP contribution in [-0.2, 0) is 14.9 Å². The number of benzene rings is 2. The number of anilines is 1. The molecule has 0 spiro atoms. The second-order valence-electron chi connectivity index (χ2n) is 5.82. The zero-order chi connectivity index (χ0) is 17.0. The zero-order valence-electron chi connectivity index (χ0n) is 13.1. The molecule has 0 bridgehead atoms. The van der Waals surface area contributed by atoms with E-state index in [1.165, 1.54) is 12.1 Å². The van der Waals surface area contributed by atoms with Crippen molar-refractivity contribution in [3.05, 3.63) is 70.3 Å². The highest BCUT2D eigenvalue weighted by molar-refractivity contribution is 5.99. The third-order valence-electron chi connectivity index (χ3n) is 4.42. The fourth-order valence-corrected chi connectivity index (χ4v) is 3.07. The largest absolute Gasteiger partial charge is 0.381 e. The maximum atomic E-state index is 13.0. The van der Waals surface area contributed by atoms with E-state index in [9.17, 15) is 14.9 Å². The van der Waals surface area contributed by atoms with Gasteiger partial charge in [-0.1, -0.05) is 36.4 Å². The lowest BCUT2D eigenvalue weighted by Crippen LogP contribution is -2.44. The molecule has 6 nitrogen and oxygen atoms in total. The Hall–Kier alpha value is -2.73. The SMILES string of the molecule is O=C(Nc1cccc([N+](=O)[O-])c1)C1(c2ccccc2)CCOCC1. The van der Waals surface area contributed by atoms with Crippen molar-refractivity contribution in [2.24, 2.45) is 0 Å². The Morgan fingerprint density at radius 1 is 1.08 bits per heavy atom. The van der Waals surface area contributed by atoms with Gasteiger partial charge in [0.05, 0.1) is 10.3 Å². The molecule has 0 radical (unpaired) electrons. The first kappa shape index (κ1) is 16.1. The summed E-state index contributed by atoms with van der Waals surface area (Å²) in [5.74, 6) is -0.155. The average Bonchev–Trinajstić information content (AvgIpc) is 2.63. The van der Waals surface area contributed by atoms with E-state index in [1.807, 2.05) is 30.3 Å². The van der Waals surface area contributed by atoms with E-state index in [4.69, 9.17) is 4.74 Å². The lowest BCUT2D eigenvalue weighted by molar-refractivity contribution is -0.384. The fraction of sp³-hybridized carbons (Fsp3) is 0.278. The van der Waals surface area contributed by atoms with Gasteiger partial charge < -0.3 is 10.1 Å². The number of carbonyl (C=O) groups excluding carboxylic acids is 1. The van der Waals surface area contributed by atoms with Crippen LogP contribution < -0.4 is 5.32 Å². The smallest absolute Gasteiger partial charge is 0.271 e. The molecule has 1 aliphatic rings. The van der Waals surface area contributed by atoms with E-state index < -0.39 is 10.3 Å². The summed E-state index contributed by atoms with van der Waals surface area (Å²) < 4.78 is 5.43. The summed E-state index contributed by atoms with van der Waals surface area (Å²) >= 11 is 0. The van der Waals surface area contributed by atoms with Gasteiger partial charge in [-0.15, -0.1) is 0 Å². The molecular weight excluding hydrogens is 308 g/mol. The molecule has 0 aliphatic carbocycles. The molecule has 3 rings (SSSR count). The molecule has 0 aromatic heterocycles. The van der Waals surface area contributed by atoms with Gasteiger partial charge in [-0.2, -0.15) is 0 Å². The molecule has 0 unspecified atom stereocenters. The minimum absolute atomic E-state index is 0.0476. The Morgan fingerprint density at radius 2 is 1.79 bits per heavy atom. The molecule has 1 aliphatic heterocycles. The molecule has 2 aromatic rings. The zero-order valence-corrected chi connectivity index (χ0v) is 13.1. The molecule has 1 N–H and O–H groups in total. The monoisotopic (exact) mass is 326 g/mol. The number of nitrogens with one attached hydrogen (secondary N) is 1. The van der Waals surface area contributed by atoms with E-state index in [2.05, 4.69) is 5.32 Å². The van der Waals surface area contributed by atoms with Gasteiger partial charge in [0, 0.05) is 31.0 Å². The lowest BCUT2D eigenvalue weighted by Gasteiger charge is -2.36. The summed E-state index contributed by atoms with van der Waals surface area (Å²) in [6.07, 6.45) is 1.16. The molecule has 0 atom stereocenters. The third kappa shape index (κ3) is 3.14. The highest BCUT2D eigenvalue weighted by Gasteiger charge is 2.41. The van der Waals surface area contributed by atoms with E-state index in [0.717, 1.165) is 5.56 Å². The van der Waals surface area contributed by atoms with E-state index >= 15 is 0 Å². The van der Waals surface area contributed by atoms with E-state index in [-0.39, 0.29) is 11.6 Å². The van der Waals surface area contributed by atoms with Crippen LogP contribution >= 0.6 is 0 Å². The maximum absolute atomic E-state index is 13.0. The second-order valence-corrected chi connectivity index (χ2v) is 5.82. The number of amides is 1. The number of nitro benzene ring substituents is 1. The summed E-state index contributed by atoms with van der Waals surface area (Å²) in [5, 5.41) is 13.7. The molecule has 124 valence electrons. The molecule has 1 amide bonds. The van der Waals surface area contributed by atoms with Crippen LogP contribution in [0.2, 0.25) is 0 Å². The van der Waals surface area contributed by atoms with Gasteiger partial charge in [-0.3, -0.25) is 14.9 Å². The highest BCUT2D eigenvalue weighted by atomic mass is 16.6. The van der Waals surface area contributed by atoms with Crippen LogP contribution in [0.15, 0.2) is 54.6 Å². The normalized spacial score (nSPS) is 16.3. The van der Waals surface area contributed by atoms with Crippen LogP contribution in [-0.4, -0.2) is 24.0 Å². The first-order valence-electron chi connectivity index (χ1n) is 7.81. The van der Waals surface area contributed by atoms with Gasteiger partial charge in [0.15, 0.2) is 0 Å². The van der Waals surface area contributed by atoms with E-state index in [0.29, 0.717) is 31.7 Å². The van der Waals surface area contributed by atoms with Crippen molar-refractivity contribution in [1.29, 1.82) is 0 Å². The number of rotatable bonds is 4. The Balaban J connectivity index is 1.90. The Labute approximate surface area is 139 Å². The van der Waals surface area contributed by atoms with Crippen LogP contribution in [0.1, 0.15) is 18.4 Å². The third-order valence-corrected chi connectivity index (χ3v) is 4.42. The summed E-state index contributed by atoms with van der Waals surface area (Å²) in [4.78, 5) is 23.5. The van der Waals surface area contributed by atoms with Crippen molar-refractivity contribution in [2.45, 2.75) is 18.3 Å². The summed E-state index contributed by atoms with van der Waals surface area (Å²) in [6, 6.07) is 15.6. The van der Waals surface area contributed by atoms with Crippen molar-refractivity contribution in [2.75, 3.05) is 18.5 Å². The maximum Gasteiger partial charge on any atom is 0.271 e. The number of hydrogen-bond acceptors (Lipinski definition) is 4. The Morgan fingerprint density at radius 3 is 2.46 bits per heavy atom. The topological polar surface area (TPSA) is 81.5 Å². The molecule has 24 heavy (non-hydrogen) atoms. The summed E-state index contributed by atoms with van der Waals surface area (Å²) in [7, 11) is 0. The van der Waals surface area contributed by atoms with Crippen molar-refractivity contribution in [1.82, 2.24) is 0 Å². The van der Waals surface area contributed by atoms with Gasteiger partial charge in [0.25, 0.3) is 5.69 Å². The summed E-state index contributed by atoms with van der Waals surface area (Å²) in [5.41, 5.74) is 0.644. The quantitative estimate of drug-likeness (QED) is 0.690. The van der Waals surface area contributed by atoms with Gasteiger partial charge in [0.1, 0.15) is 0 Å². The number of non-ortho nitro benzene ring substituents is 1. The Bertz CT molecular complexity index is 740. The van der Waals surface area contributed by atoms with Gasteiger partial charge in [-0.25, -0.2) is 0 Å². The highest BCUT2D eigenvalue weighted by Crippen LogP contribution is 2.36. The van der Waals surface area contributed by atoms with Crippen LogP contribution in [0.5, 0.6) is 0 Å². The van der Waals surface area contributed by atoms with Crippen LogP contribution in [0, 0.1) is 10.1 Å².